The van der Waals surface area contributed by atoms with Gasteiger partial charge in [-0.3, -0.25) is 0 Å². The molecule has 142 valence electrons. The molecule has 3 rings (SSSR count). The van der Waals surface area contributed by atoms with Crippen LogP contribution in [0.15, 0.2) is 48.5 Å². The molecule has 1 unspecified atom stereocenters. The maximum absolute atomic E-state index is 5.93. The molecule has 1 aliphatic rings. The number of piperazine rings is 1. The predicted molar refractivity (Wildman–Crippen MR) is 123 cm³/mol. The standard InChI is InChI=1S/C19H20Cl2N4S2/c1-13-12-24(18(26)22-16-6-2-14(20)3-7-16)10-11-25(13)19(27)23-17-8-4-15(21)5-9-17/h2-9,13H,10-12H2,1H3,(H,22,26)(H,23,27). The number of nitrogens with one attached hydrogen (secondary N) is 2. The minimum Gasteiger partial charge on any atom is -0.345 e. The van der Waals surface area contributed by atoms with Crippen LogP contribution in [0.5, 0.6) is 0 Å². The van der Waals surface area contributed by atoms with Crippen molar-refractivity contribution < 1.29 is 0 Å². The Morgan fingerprint density at radius 3 is 1.81 bits per heavy atom. The highest BCUT2D eigenvalue weighted by Gasteiger charge is 2.26. The van der Waals surface area contributed by atoms with E-state index in [1.807, 2.05) is 48.5 Å². The molecule has 2 aromatic rings. The fourth-order valence-corrected chi connectivity index (χ4v) is 3.83. The third-order valence-electron chi connectivity index (χ3n) is 4.37. The molecule has 8 heteroatoms. The summed E-state index contributed by atoms with van der Waals surface area (Å²) in [5.41, 5.74) is 1.86. The number of hydrogen-bond donors (Lipinski definition) is 2. The minimum absolute atomic E-state index is 0.232. The number of rotatable bonds is 2. The van der Waals surface area contributed by atoms with Crippen molar-refractivity contribution in [2.75, 3.05) is 30.3 Å². The van der Waals surface area contributed by atoms with Crippen molar-refractivity contribution in [3.63, 3.8) is 0 Å². The lowest BCUT2D eigenvalue weighted by atomic mass is 10.2. The van der Waals surface area contributed by atoms with Crippen LogP contribution in [0.3, 0.4) is 0 Å². The number of hydrogen-bond acceptors (Lipinski definition) is 2. The van der Waals surface area contributed by atoms with Crippen LogP contribution in [0.1, 0.15) is 6.92 Å². The third-order valence-corrected chi connectivity index (χ3v) is 5.57. The van der Waals surface area contributed by atoms with Crippen LogP contribution in [-0.2, 0) is 0 Å². The van der Waals surface area contributed by atoms with Crippen LogP contribution in [0.4, 0.5) is 11.4 Å². The second-order valence-electron chi connectivity index (χ2n) is 6.36. The van der Waals surface area contributed by atoms with E-state index in [4.69, 9.17) is 47.6 Å². The zero-order valence-corrected chi connectivity index (χ0v) is 17.9. The highest BCUT2D eigenvalue weighted by atomic mass is 35.5. The van der Waals surface area contributed by atoms with Crippen molar-refractivity contribution in [2.45, 2.75) is 13.0 Å². The average Bonchev–Trinajstić information content (AvgIpc) is 2.65. The van der Waals surface area contributed by atoms with Crippen LogP contribution >= 0.6 is 47.6 Å². The quantitative estimate of drug-likeness (QED) is 0.634. The van der Waals surface area contributed by atoms with E-state index in [1.54, 1.807) is 0 Å². The molecule has 4 nitrogen and oxygen atoms in total. The summed E-state index contributed by atoms with van der Waals surface area (Å²) in [6.45, 7) is 4.53. The van der Waals surface area contributed by atoms with Crippen LogP contribution in [0.2, 0.25) is 10.0 Å². The normalized spacial score (nSPS) is 16.8. The average molecular weight is 439 g/mol. The highest BCUT2D eigenvalue weighted by Crippen LogP contribution is 2.18. The summed E-state index contributed by atoms with van der Waals surface area (Å²) >= 11 is 23.0. The Kier molecular flexibility index (Phi) is 6.76. The van der Waals surface area contributed by atoms with Gasteiger partial charge in [0.2, 0.25) is 0 Å². The lowest BCUT2D eigenvalue weighted by Crippen LogP contribution is -2.57. The molecule has 0 amide bonds. The maximum atomic E-state index is 5.93. The minimum atomic E-state index is 0.232. The molecule has 1 fully saturated rings. The molecule has 1 heterocycles. The van der Waals surface area contributed by atoms with Gasteiger partial charge in [0.25, 0.3) is 0 Å². The van der Waals surface area contributed by atoms with Gasteiger partial charge in [-0.2, -0.15) is 0 Å². The number of benzene rings is 2. The first-order valence-electron chi connectivity index (χ1n) is 8.57. The molecule has 0 radical (unpaired) electrons. The second kappa shape index (κ2) is 9.06. The Morgan fingerprint density at radius 1 is 0.852 bits per heavy atom. The van der Waals surface area contributed by atoms with E-state index in [1.165, 1.54) is 0 Å². The first kappa shape index (κ1) is 20.1. The summed E-state index contributed by atoms with van der Waals surface area (Å²) < 4.78 is 0. The van der Waals surface area contributed by atoms with Gasteiger partial charge in [-0.15, -0.1) is 0 Å². The lowest BCUT2D eigenvalue weighted by Gasteiger charge is -2.42. The zero-order valence-electron chi connectivity index (χ0n) is 14.8. The van der Waals surface area contributed by atoms with E-state index in [0.717, 1.165) is 31.0 Å². The van der Waals surface area contributed by atoms with Crippen LogP contribution in [-0.4, -0.2) is 45.7 Å². The molecule has 2 aromatic carbocycles. The number of nitrogens with zero attached hydrogens (tertiary/aromatic N) is 2. The fourth-order valence-electron chi connectivity index (χ4n) is 2.91. The van der Waals surface area contributed by atoms with E-state index in [0.29, 0.717) is 20.3 Å². The van der Waals surface area contributed by atoms with Crippen molar-refractivity contribution in [1.82, 2.24) is 9.80 Å². The molecule has 1 saturated heterocycles. The molecular weight excluding hydrogens is 419 g/mol. The molecule has 0 aromatic heterocycles. The summed E-state index contributed by atoms with van der Waals surface area (Å²) in [6.07, 6.45) is 0. The molecule has 2 N–H and O–H groups in total. The smallest absolute Gasteiger partial charge is 0.173 e. The van der Waals surface area contributed by atoms with Crippen LogP contribution in [0, 0.1) is 0 Å². The monoisotopic (exact) mass is 438 g/mol. The van der Waals surface area contributed by atoms with Gasteiger partial charge in [0.1, 0.15) is 0 Å². The zero-order chi connectivity index (χ0) is 19.4. The van der Waals surface area contributed by atoms with Gasteiger partial charge in [-0.25, -0.2) is 0 Å². The lowest BCUT2D eigenvalue weighted by molar-refractivity contribution is 0.200. The molecule has 0 aliphatic carbocycles. The first-order chi connectivity index (χ1) is 12.9. The van der Waals surface area contributed by atoms with Crippen molar-refractivity contribution in [1.29, 1.82) is 0 Å². The third kappa shape index (κ3) is 5.45. The Hall–Kier alpha value is -1.60. The molecule has 0 saturated carbocycles. The van der Waals surface area contributed by atoms with Crippen molar-refractivity contribution in [3.05, 3.63) is 58.6 Å². The van der Waals surface area contributed by atoms with E-state index in [-0.39, 0.29) is 6.04 Å². The summed E-state index contributed by atoms with van der Waals surface area (Å²) in [5.74, 6) is 0. The van der Waals surface area contributed by atoms with Crippen molar-refractivity contribution >= 4 is 69.2 Å². The second-order valence-corrected chi connectivity index (χ2v) is 8.01. The van der Waals surface area contributed by atoms with E-state index in [9.17, 15) is 0 Å². The van der Waals surface area contributed by atoms with Crippen molar-refractivity contribution in [2.24, 2.45) is 0 Å². The first-order valence-corrected chi connectivity index (χ1v) is 10.1. The molecule has 1 aliphatic heterocycles. The van der Waals surface area contributed by atoms with Gasteiger partial charge < -0.3 is 20.4 Å². The Labute approximate surface area is 180 Å². The molecule has 0 spiro atoms. The molecular formula is C19H20Cl2N4S2. The topological polar surface area (TPSA) is 30.5 Å². The number of thiocarbonyl (C=S) groups is 2. The maximum Gasteiger partial charge on any atom is 0.173 e. The van der Waals surface area contributed by atoms with E-state index in [2.05, 4.69) is 27.4 Å². The molecule has 1 atom stereocenters. The molecule has 27 heavy (non-hydrogen) atoms. The van der Waals surface area contributed by atoms with Gasteiger partial charge >= 0.3 is 0 Å². The fraction of sp³-hybridized carbons (Fsp3) is 0.263. The van der Waals surface area contributed by atoms with Gasteiger partial charge in [0.15, 0.2) is 10.2 Å². The van der Waals surface area contributed by atoms with Gasteiger partial charge in [-0.05, 0) is 79.9 Å². The van der Waals surface area contributed by atoms with E-state index >= 15 is 0 Å². The van der Waals surface area contributed by atoms with Gasteiger partial charge in [-0.1, -0.05) is 23.2 Å². The summed E-state index contributed by atoms with van der Waals surface area (Å²) in [4.78, 5) is 4.35. The summed E-state index contributed by atoms with van der Waals surface area (Å²) in [7, 11) is 0. The largest absolute Gasteiger partial charge is 0.345 e. The van der Waals surface area contributed by atoms with Gasteiger partial charge in [0.05, 0.1) is 0 Å². The summed E-state index contributed by atoms with van der Waals surface area (Å²) in [6, 6.07) is 15.3. The van der Waals surface area contributed by atoms with Crippen LogP contribution < -0.4 is 10.6 Å². The van der Waals surface area contributed by atoms with Gasteiger partial charge in [0, 0.05) is 47.1 Å². The molecule has 0 bridgehead atoms. The predicted octanol–water partition coefficient (Wildman–Crippen LogP) is 5.09. The number of halogens is 2. The van der Waals surface area contributed by atoms with E-state index < -0.39 is 0 Å². The Morgan fingerprint density at radius 2 is 1.33 bits per heavy atom. The van der Waals surface area contributed by atoms with Crippen LogP contribution in [0.25, 0.3) is 0 Å². The highest BCUT2D eigenvalue weighted by molar-refractivity contribution is 7.80. The Balaban J connectivity index is 1.54. The SMILES string of the molecule is CC1CN(C(=S)Nc2ccc(Cl)cc2)CCN1C(=S)Nc1ccc(Cl)cc1. The Bertz CT molecular complexity index is 811. The van der Waals surface area contributed by atoms with Crippen molar-refractivity contribution in [3.8, 4) is 0 Å². The number of anilines is 2. The summed E-state index contributed by atoms with van der Waals surface area (Å²) in [5, 5.41) is 9.37.